The predicted molar refractivity (Wildman–Crippen MR) is 137 cm³/mol. The molecule has 0 aliphatic carbocycles. The SMILES string of the molecule is COc1ccc2ncc(Cl)c(C(F)CCC3CCN(CCSc4cccc(C)c4)CC3)c2c1. The summed E-state index contributed by atoms with van der Waals surface area (Å²) in [5.41, 5.74) is 2.60. The molecule has 0 saturated carbocycles. The molecule has 0 amide bonds. The van der Waals surface area contributed by atoms with Gasteiger partial charge in [-0.1, -0.05) is 29.3 Å². The van der Waals surface area contributed by atoms with Crippen LogP contribution in [0, 0.1) is 12.8 Å². The maximum atomic E-state index is 15.4. The predicted octanol–water partition coefficient (Wildman–Crippen LogP) is 7.50. The highest BCUT2D eigenvalue weighted by molar-refractivity contribution is 7.99. The van der Waals surface area contributed by atoms with Crippen LogP contribution in [0.5, 0.6) is 5.75 Å². The van der Waals surface area contributed by atoms with E-state index in [4.69, 9.17) is 16.3 Å². The van der Waals surface area contributed by atoms with E-state index in [0.29, 0.717) is 28.7 Å². The Labute approximate surface area is 205 Å². The van der Waals surface area contributed by atoms with Crippen LogP contribution in [0.15, 0.2) is 53.6 Å². The second-order valence-electron chi connectivity index (χ2n) is 8.90. The van der Waals surface area contributed by atoms with E-state index >= 15 is 4.39 Å². The second kappa shape index (κ2) is 11.5. The summed E-state index contributed by atoms with van der Waals surface area (Å²) >= 11 is 8.31. The standard InChI is InChI=1S/C27H32ClFN2OS/c1-19-4-3-5-22(16-19)33-15-14-31-12-10-20(11-13-31)6-8-25(29)27-23-17-21(32-2)7-9-26(23)30-18-24(27)28/h3-5,7,9,16-18,20,25H,6,8,10-15H2,1-2H3. The van der Waals surface area contributed by atoms with Gasteiger partial charge in [0.15, 0.2) is 0 Å². The normalized spacial score (nSPS) is 16.2. The van der Waals surface area contributed by atoms with Gasteiger partial charge in [0.2, 0.25) is 0 Å². The highest BCUT2D eigenvalue weighted by Gasteiger charge is 2.23. The third kappa shape index (κ3) is 6.40. The largest absolute Gasteiger partial charge is 0.497 e. The Balaban J connectivity index is 1.25. The number of likely N-dealkylation sites (tertiary alicyclic amines) is 1. The number of pyridine rings is 1. The van der Waals surface area contributed by atoms with Crippen molar-refractivity contribution in [2.75, 3.05) is 32.5 Å². The van der Waals surface area contributed by atoms with Crippen LogP contribution in [0.2, 0.25) is 5.02 Å². The summed E-state index contributed by atoms with van der Waals surface area (Å²) in [6.45, 7) is 5.45. The fourth-order valence-corrected chi connectivity index (χ4v) is 5.93. The molecule has 1 atom stereocenters. The van der Waals surface area contributed by atoms with E-state index < -0.39 is 6.17 Å². The van der Waals surface area contributed by atoms with Gasteiger partial charge < -0.3 is 9.64 Å². The topological polar surface area (TPSA) is 25.4 Å². The number of benzene rings is 2. The highest BCUT2D eigenvalue weighted by Crippen LogP contribution is 2.37. The number of aromatic nitrogens is 1. The average Bonchev–Trinajstić information content (AvgIpc) is 2.83. The van der Waals surface area contributed by atoms with Crippen molar-refractivity contribution >= 4 is 34.3 Å². The molecule has 1 fully saturated rings. The van der Waals surface area contributed by atoms with Gasteiger partial charge in [-0.15, -0.1) is 11.8 Å². The minimum atomic E-state index is -1.10. The maximum Gasteiger partial charge on any atom is 0.127 e. The Hall–Kier alpha value is -1.82. The lowest BCUT2D eigenvalue weighted by Gasteiger charge is -2.32. The number of fused-ring (bicyclic) bond motifs is 1. The van der Waals surface area contributed by atoms with E-state index in [0.717, 1.165) is 55.6 Å². The second-order valence-corrected chi connectivity index (χ2v) is 10.5. The van der Waals surface area contributed by atoms with Crippen LogP contribution in [-0.4, -0.2) is 42.4 Å². The minimum absolute atomic E-state index is 0.393. The molecule has 1 unspecified atom stereocenters. The molecule has 0 radical (unpaired) electrons. The van der Waals surface area contributed by atoms with Gasteiger partial charge in [0, 0.05) is 34.3 Å². The third-order valence-corrected chi connectivity index (χ3v) is 7.86. The zero-order valence-electron chi connectivity index (χ0n) is 19.4. The molecular formula is C27H32ClFN2OS. The van der Waals surface area contributed by atoms with Crippen molar-refractivity contribution < 1.29 is 9.13 Å². The van der Waals surface area contributed by atoms with Crippen LogP contribution in [0.25, 0.3) is 10.9 Å². The lowest BCUT2D eigenvalue weighted by molar-refractivity contribution is 0.176. The molecule has 0 spiro atoms. The summed E-state index contributed by atoms with van der Waals surface area (Å²) in [5.74, 6) is 2.37. The minimum Gasteiger partial charge on any atom is -0.497 e. The van der Waals surface area contributed by atoms with Crippen LogP contribution >= 0.6 is 23.4 Å². The number of aryl methyl sites for hydroxylation is 1. The Morgan fingerprint density at radius 1 is 1.21 bits per heavy atom. The molecule has 2 heterocycles. The first-order chi connectivity index (χ1) is 16.0. The monoisotopic (exact) mass is 486 g/mol. The van der Waals surface area contributed by atoms with Crippen molar-refractivity contribution in [1.29, 1.82) is 0 Å². The first-order valence-electron chi connectivity index (χ1n) is 11.7. The molecule has 3 aromatic rings. The summed E-state index contributed by atoms with van der Waals surface area (Å²) in [7, 11) is 1.61. The van der Waals surface area contributed by atoms with Crippen LogP contribution in [0.3, 0.4) is 0 Å². The molecule has 1 aliphatic rings. The van der Waals surface area contributed by atoms with Crippen LogP contribution in [-0.2, 0) is 0 Å². The molecule has 176 valence electrons. The van der Waals surface area contributed by atoms with Gasteiger partial charge in [-0.3, -0.25) is 4.98 Å². The van der Waals surface area contributed by atoms with E-state index in [1.54, 1.807) is 13.3 Å². The van der Waals surface area contributed by atoms with Crippen molar-refractivity contribution in [2.45, 2.75) is 43.7 Å². The molecule has 2 aromatic carbocycles. The van der Waals surface area contributed by atoms with E-state index in [2.05, 4.69) is 41.1 Å². The number of hydrogen-bond donors (Lipinski definition) is 0. The number of alkyl halides is 1. The summed E-state index contributed by atoms with van der Waals surface area (Å²) in [4.78, 5) is 8.24. The molecule has 6 heteroatoms. The van der Waals surface area contributed by atoms with Gasteiger partial charge in [0.1, 0.15) is 11.9 Å². The Morgan fingerprint density at radius 3 is 2.79 bits per heavy atom. The molecule has 1 aromatic heterocycles. The average molecular weight is 487 g/mol. The Morgan fingerprint density at radius 2 is 2.03 bits per heavy atom. The summed E-state index contributed by atoms with van der Waals surface area (Å²) in [6, 6.07) is 14.2. The lowest BCUT2D eigenvalue weighted by atomic mass is 9.89. The number of rotatable bonds is 9. The summed E-state index contributed by atoms with van der Waals surface area (Å²) in [5, 5.41) is 1.14. The molecule has 1 saturated heterocycles. The molecule has 4 rings (SSSR count). The van der Waals surface area contributed by atoms with Gasteiger partial charge in [-0.05, 0) is 81.9 Å². The van der Waals surface area contributed by atoms with Crippen molar-refractivity contribution in [3.63, 3.8) is 0 Å². The van der Waals surface area contributed by atoms with Gasteiger partial charge in [0.05, 0.1) is 17.6 Å². The van der Waals surface area contributed by atoms with Gasteiger partial charge in [0.25, 0.3) is 0 Å². The number of methoxy groups -OCH3 is 1. The van der Waals surface area contributed by atoms with Crippen molar-refractivity contribution in [2.24, 2.45) is 5.92 Å². The fraction of sp³-hybridized carbons (Fsp3) is 0.444. The first-order valence-corrected chi connectivity index (χ1v) is 13.1. The Kier molecular flexibility index (Phi) is 8.50. The number of thioether (sulfide) groups is 1. The number of ether oxygens (including phenoxy) is 1. The maximum absolute atomic E-state index is 15.4. The molecule has 1 aliphatic heterocycles. The quantitative estimate of drug-likeness (QED) is 0.292. The van der Waals surface area contributed by atoms with Gasteiger partial charge in [-0.25, -0.2) is 4.39 Å². The zero-order chi connectivity index (χ0) is 23.2. The fourth-order valence-electron chi connectivity index (χ4n) is 4.64. The molecule has 33 heavy (non-hydrogen) atoms. The number of piperidine rings is 1. The van der Waals surface area contributed by atoms with Crippen LogP contribution < -0.4 is 4.74 Å². The highest BCUT2D eigenvalue weighted by atomic mass is 35.5. The van der Waals surface area contributed by atoms with Crippen LogP contribution in [0.4, 0.5) is 4.39 Å². The molecule has 3 nitrogen and oxygen atoms in total. The number of nitrogens with zero attached hydrogens (tertiary/aromatic N) is 2. The zero-order valence-corrected chi connectivity index (χ0v) is 21.0. The van der Waals surface area contributed by atoms with Crippen molar-refractivity contribution in [3.8, 4) is 5.75 Å². The molecule has 0 bridgehead atoms. The summed E-state index contributed by atoms with van der Waals surface area (Å²) < 4.78 is 20.7. The lowest BCUT2D eigenvalue weighted by Crippen LogP contribution is -2.35. The Bertz CT molecular complexity index is 1070. The first kappa shape index (κ1) is 24.3. The number of hydrogen-bond acceptors (Lipinski definition) is 4. The van der Waals surface area contributed by atoms with Gasteiger partial charge >= 0.3 is 0 Å². The van der Waals surface area contributed by atoms with Crippen LogP contribution in [0.1, 0.15) is 43.0 Å². The smallest absolute Gasteiger partial charge is 0.127 e. The van der Waals surface area contributed by atoms with E-state index in [1.165, 1.54) is 10.5 Å². The van der Waals surface area contributed by atoms with Crippen molar-refractivity contribution in [3.05, 3.63) is 64.8 Å². The molecule has 0 N–H and O–H groups in total. The van der Waals surface area contributed by atoms with E-state index in [1.807, 2.05) is 30.0 Å². The summed E-state index contributed by atoms with van der Waals surface area (Å²) in [6.07, 6.45) is 4.12. The van der Waals surface area contributed by atoms with Gasteiger partial charge in [-0.2, -0.15) is 0 Å². The molecular weight excluding hydrogens is 455 g/mol. The van der Waals surface area contributed by atoms with Crippen molar-refractivity contribution in [1.82, 2.24) is 9.88 Å². The van der Waals surface area contributed by atoms with E-state index in [-0.39, 0.29) is 0 Å². The number of halogens is 2. The third-order valence-electron chi connectivity index (χ3n) is 6.58. The van der Waals surface area contributed by atoms with E-state index in [9.17, 15) is 0 Å².